The van der Waals surface area contributed by atoms with E-state index >= 15 is 0 Å². The summed E-state index contributed by atoms with van der Waals surface area (Å²) < 4.78 is 12.5. The minimum Gasteiger partial charge on any atom is -0.497 e. The number of hydrogen-bond acceptors (Lipinski definition) is 5. The molecule has 0 N–H and O–H groups in total. The van der Waals surface area contributed by atoms with Gasteiger partial charge in [-0.1, -0.05) is 42.5 Å². The number of nitrogens with zero attached hydrogens (tertiary/aromatic N) is 3. The van der Waals surface area contributed by atoms with Crippen LogP contribution < -0.4 is 24.2 Å². The molecule has 1 spiro atoms. The maximum atomic E-state index is 6.86. The SMILES string of the molecule is CCN(CC)c1ccc2c(c1)Oc1cc(N(CC)CC)ccc1C21c2ccccc2CN1c1cccc(OC)c1. The first-order chi connectivity index (χ1) is 19.6. The van der Waals surface area contributed by atoms with Gasteiger partial charge < -0.3 is 24.2 Å². The van der Waals surface area contributed by atoms with Gasteiger partial charge in [0.25, 0.3) is 0 Å². The van der Waals surface area contributed by atoms with Crippen molar-refractivity contribution in [3.8, 4) is 17.2 Å². The second kappa shape index (κ2) is 10.5. The Morgan fingerprint density at radius 3 is 1.88 bits per heavy atom. The number of fused-ring (bicyclic) bond motifs is 6. The van der Waals surface area contributed by atoms with Crippen molar-refractivity contribution in [2.24, 2.45) is 0 Å². The van der Waals surface area contributed by atoms with E-state index in [1.807, 2.05) is 6.07 Å². The van der Waals surface area contributed by atoms with Crippen molar-refractivity contribution in [3.05, 3.63) is 107 Å². The molecule has 0 saturated heterocycles. The number of rotatable bonds is 8. The van der Waals surface area contributed by atoms with Crippen molar-refractivity contribution in [1.29, 1.82) is 0 Å². The number of anilines is 3. The van der Waals surface area contributed by atoms with Gasteiger partial charge in [0, 0.05) is 79.1 Å². The van der Waals surface area contributed by atoms with E-state index in [-0.39, 0.29) is 0 Å². The maximum absolute atomic E-state index is 6.86. The van der Waals surface area contributed by atoms with E-state index in [0.717, 1.165) is 55.7 Å². The van der Waals surface area contributed by atoms with Crippen molar-refractivity contribution in [3.63, 3.8) is 0 Å². The van der Waals surface area contributed by atoms with Crippen molar-refractivity contribution in [2.45, 2.75) is 39.8 Å². The largest absolute Gasteiger partial charge is 0.497 e. The van der Waals surface area contributed by atoms with Gasteiger partial charge in [-0.2, -0.15) is 0 Å². The molecule has 0 unspecified atom stereocenters. The van der Waals surface area contributed by atoms with Crippen molar-refractivity contribution >= 4 is 17.1 Å². The highest BCUT2D eigenvalue weighted by Gasteiger charge is 2.53. The smallest absolute Gasteiger partial charge is 0.135 e. The molecule has 0 atom stereocenters. The molecule has 40 heavy (non-hydrogen) atoms. The summed E-state index contributed by atoms with van der Waals surface area (Å²) >= 11 is 0. The standard InChI is InChI=1S/C35H39N3O2/c1-6-36(7-2)26-17-19-31-33(22-26)40-34-23-27(37(8-3)9-4)18-20-32(34)35(31)30-16-11-10-13-25(30)24-38(35)28-14-12-15-29(21-28)39-5/h10-23H,6-9,24H2,1-5H3. The normalized spacial score (nSPS) is 14.3. The van der Waals surface area contributed by atoms with Gasteiger partial charge in [-0.25, -0.2) is 0 Å². The van der Waals surface area contributed by atoms with Crippen LogP contribution in [0, 0.1) is 0 Å². The van der Waals surface area contributed by atoms with E-state index in [2.05, 4.69) is 121 Å². The molecule has 2 aliphatic rings. The van der Waals surface area contributed by atoms with Crippen LogP contribution in [0.25, 0.3) is 0 Å². The average Bonchev–Trinajstić information content (AvgIpc) is 3.34. The summed E-state index contributed by atoms with van der Waals surface area (Å²) in [6.45, 7) is 13.4. The minimum atomic E-state index is -0.546. The Kier molecular flexibility index (Phi) is 6.83. The van der Waals surface area contributed by atoms with Gasteiger partial charge in [0.15, 0.2) is 0 Å². The van der Waals surface area contributed by atoms with Gasteiger partial charge in [0.1, 0.15) is 22.8 Å². The lowest BCUT2D eigenvalue weighted by Gasteiger charge is -2.46. The molecule has 0 aromatic heterocycles. The van der Waals surface area contributed by atoms with E-state index < -0.39 is 5.54 Å². The first-order valence-electron chi connectivity index (χ1n) is 14.6. The fourth-order valence-electron chi connectivity index (χ4n) is 6.71. The van der Waals surface area contributed by atoms with Gasteiger partial charge in [-0.05, 0) is 63.1 Å². The molecule has 4 aromatic carbocycles. The molecule has 206 valence electrons. The van der Waals surface area contributed by atoms with Crippen LogP contribution in [0.3, 0.4) is 0 Å². The Morgan fingerprint density at radius 2 is 1.30 bits per heavy atom. The lowest BCUT2D eigenvalue weighted by atomic mass is 9.74. The Labute approximate surface area is 238 Å². The van der Waals surface area contributed by atoms with E-state index in [9.17, 15) is 0 Å². The summed E-state index contributed by atoms with van der Waals surface area (Å²) in [7, 11) is 1.73. The number of hydrogen-bond donors (Lipinski definition) is 0. The quantitative estimate of drug-likeness (QED) is 0.230. The average molecular weight is 534 g/mol. The maximum Gasteiger partial charge on any atom is 0.135 e. The lowest BCUT2D eigenvalue weighted by molar-refractivity contribution is 0.410. The molecule has 5 heteroatoms. The summed E-state index contributed by atoms with van der Waals surface area (Å²) in [5, 5.41) is 0. The molecule has 0 amide bonds. The van der Waals surface area contributed by atoms with Crippen LogP contribution >= 0.6 is 0 Å². The predicted molar refractivity (Wildman–Crippen MR) is 166 cm³/mol. The third kappa shape index (κ3) is 3.90. The Hall–Kier alpha value is -4.12. The van der Waals surface area contributed by atoms with Gasteiger partial charge in [0.2, 0.25) is 0 Å². The molecule has 0 fully saturated rings. The second-order valence-corrected chi connectivity index (χ2v) is 10.5. The molecule has 0 bridgehead atoms. The molecule has 6 rings (SSSR count). The summed E-state index contributed by atoms with van der Waals surface area (Å²) in [5.41, 5.74) is 7.89. The molecule has 2 heterocycles. The number of ether oxygens (including phenoxy) is 2. The first kappa shape index (κ1) is 26.1. The van der Waals surface area contributed by atoms with E-state index in [1.165, 1.54) is 33.6 Å². The molecule has 4 aromatic rings. The number of benzene rings is 4. The van der Waals surface area contributed by atoms with Gasteiger partial charge in [0.05, 0.1) is 7.11 Å². The Morgan fingerprint density at radius 1 is 0.700 bits per heavy atom. The zero-order chi connectivity index (χ0) is 27.9. The Balaban J connectivity index is 1.66. The highest BCUT2D eigenvalue weighted by molar-refractivity contribution is 5.76. The fraction of sp³-hybridized carbons (Fsp3) is 0.314. The van der Waals surface area contributed by atoms with Crippen LogP contribution in [0.2, 0.25) is 0 Å². The second-order valence-electron chi connectivity index (χ2n) is 10.5. The Bertz CT molecular complexity index is 1460. The summed E-state index contributed by atoms with van der Waals surface area (Å²) in [6, 6.07) is 30.9. The molecule has 0 saturated carbocycles. The summed E-state index contributed by atoms with van der Waals surface area (Å²) in [6.07, 6.45) is 0. The van der Waals surface area contributed by atoms with E-state index in [1.54, 1.807) is 7.11 Å². The topological polar surface area (TPSA) is 28.2 Å². The molecule has 2 aliphatic heterocycles. The van der Waals surface area contributed by atoms with Crippen LogP contribution in [0.1, 0.15) is 49.9 Å². The van der Waals surface area contributed by atoms with Crippen molar-refractivity contribution in [2.75, 3.05) is 48.0 Å². The van der Waals surface area contributed by atoms with Crippen LogP contribution in [0.5, 0.6) is 17.2 Å². The molecular weight excluding hydrogens is 494 g/mol. The zero-order valence-corrected chi connectivity index (χ0v) is 24.3. The van der Waals surface area contributed by atoms with Gasteiger partial charge in [-0.3, -0.25) is 0 Å². The van der Waals surface area contributed by atoms with E-state index in [0.29, 0.717) is 0 Å². The first-order valence-corrected chi connectivity index (χ1v) is 14.6. The van der Waals surface area contributed by atoms with Crippen LogP contribution in [0.15, 0.2) is 84.9 Å². The highest BCUT2D eigenvalue weighted by atomic mass is 16.5. The van der Waals surface area contributed by atoms with Gasteiger partial charge >= 0.3 is 0 Å². The van der Waals surface area contributed by atoms with Crippen LogP contribution in [-0.2, 0) is 12.1 Å². The summed E-state index contributed by atoms with van der Waals surface area (Å²) in [5.74, 6) is 2.68. The van der Waals surface area contributed by atoms with Gasteiger partial charge in [-0.15, -0.1) is 0 Å². The minimum absolute atomic E-state index is 0.546. The predicted octanol–water partition coefficient (Wildman–Crippen LogP) is 7.81. The summed E-state index contributed by atoms with van der Waals surface area (Å²) in [4.78, 5) is 7.29. The van der Waals surface area contributed by atoms with Crippen LogP contribution in [-0.4, -0.2) is 33.3 Å². The number of methoxy groups -OCH3 is 1. The molecule has 5 nitrogen and oxygen atoms in total. The fourth-order valence-corrected chi connectivity index (χ4v) is 6.71. The molecule has 0 aliphatic carbocycles. The highest BCUT2D eigenvalue weighted by Crippen LogP contribution is 2.59. The third-order valence-corrected chi connectivity index (χ3v) is 8.69. The van der Waals surface area contributed by atoms with E-state index in [4.69, 9.17) is 9.47 Å². The van der Waals surface area contributed by atoms with Crippen molar-refractivity contribution < 1.29 is 9.47 Å². The molecular formula is C35H39N3O2. The van der Waals surface area contributed by atoms with Crippen LogP contribution in [0.4, 0.5) is 17.1 Å². The molecule has 0 radical (unpaired) electrons. The van der Waals surface area contributed by atoms with Crippen molar-refractivity contribution in [1.82, 2.24) is 0 Å². The monoisotopic (exact) mass is 533 g/mol. The third-order valence-electron chi connectivity index (χ3n) is 8.69. The zero-order valence-electron chi connectivity index (χ0n) is 24.3. The lowest BCUT2D eigenvalue weighted by Crippen LogP contribution is -2.45.